The molecule has 144 valence electrons. The van der Waals surface area contributed by atoms with Gasteiger partial charge in [0.25, 0.3) is 5.91 Å². The van der Waals surface area contributed by atoms with Crippen LogP contribution in [0.25, 0.3) is 0 Å². The third-order valence-corrected chi connectivity index (χ3v) is 4.68. The molecule has 2 aromatic rings. The lowest BCUT2D eigenvalue weighted by Crippen LogP contribution is -2.36. The number of ether oxygens (including phenoxy) is 2. The maximum Gasteiger partial charge on any atom is 0.254 e. The lowest BCUT2D eigenvalue weighted by molar-refractivity contribution is 0.0760. The van der Waals surface area contributed by atoms with Crippen LogP contribution in [0, 0.1) is 5.82 Å². The molecule has 0 aromatic heterocycles. The summed E-state index contributed by atoms with van der Waals surface area (Å²) in [5, 5.41) is 0. The Kier molecular flexibility index (Phi) is 6.65. The Morgan fingerprint density at radius 2 is 1.85 bits per heavy atom. The number of methoxy groups -OCH3 is 1. The predicted molar refractivity (Wildman–Crippen MR) is 102 cm³/mol. The van der Waals surface area contributed by atoms with Gasteiger partial charge in [-0.05, 0) is 36.8 Å². The minimum Gasteiger partial charge on any atom is -0.493 e. The summed E-state index contributed by atoms with van der Waals surface area (Å²) in [5.74, 6) is 0.963. The molecular formula is C21H25FN2O3. The highest BCUT2D eigenvalue weighted by atomic mass is 19.1. The van der Waals surface area contributed by atoms with Crippen molar-refractivity contribution in [3.8, 4) is 11.5 Å². The summed E-state index contributed by atoms with van der Waals surface area (Å²) in [6, 6.07) is 13.5. The van der Waals surface area contributed by atoms with Crippen molar-refractivity contribution in [1.29, 1.82) is 0 Å². The Hall–Kier alpha value is -2.60. The van der Waals surface area contributed by atoms with Gasteiger partial charge in [0.05, 0.1) is 7.11 Å². The Morgan fingerprint density at radius 3 is 2.63 bits per heavy atom. The summed E-state index contributed by atoms with van der Waals surface area (Å²) >= 11 is 0. The number of nitrogens with zero attached hydrogens (tertiary/aromatic N) is 2. The van der Waals surface area contributed by atoms with E-state index in [1.165, 1.54) is 12.1 Å². The van der Waals surface area contributed by atoms with Crippen molar-refractivity contribution in [3.05, 3.63) is 59.9 Å². The molecule has 0 bridgehead atoms. The molecule has 0 saturated carbocycles. The average Bonchev–Trinajstić information content (AvgIpc) is 2.93. The zero-order valence-electron chi connectivity index (χ0n) is 15.6. The van der Waals surface area contributed by atoms with Crippen molar-refractivity contribution in [2.24, 2.45) is 0 Å². The van der Waals surface area contributed by atoms with Gasteiger partial charge in [-0.25, -0.2) is 4.39 Å². The van der Waals surface area contributed by atoms with Crippen molar-refractivity contribution in [3.63, 3.8) is 0 Å². The lowest BCUT2D eigenvalue weighted by Gasteiger charge is -2.22. The van der Waals surface area contributed by atoms with Gasteiger partial charge in [0.15, 0.2) is 11.5 Å². The number of carbonyl (C=O) groups excluding carboxylic acids is 1. The van der Waals surface area contributed by atoms with E-state index in [1.54, 1.807) is 24.1 Å². The zero-order valence-corrected chi connectivity index (χ0v) is 15.6. The quantitative estimate of drug-likeness (QED) is 0.782. The van der Waals surface area contributed by atoms with E-state index in [9.17, 15) is 9.18 Å². The minimum atomic E-state index is -0.384. The van der Waals surface area contributed by atoms with E-state index in [-0.39, 0.29) is 11.7 Å². The van der Waals surface area contributed by atoms with Crippen LogP contribution >= 0.6 is 0 Å². The molecule has 2 aromatic carbocycles. The Morgan fingerprint density at radius 1 is 1.04 bits per heavy atom. The summed E-state index contributed by atoms with van der Waals surface area (Å²) in [6.07, 6.45) is 0.885. The molecule has 5 nitrogen and oxygen atoms in total. The zero-order chi connectivity index (χ0) is 19.1. The van der Waals surface area contributed by atoms with Crippen molar-refractivity contribution < 1.29 is 18.7 Å². The van der Waals surface area contributed by atoms with Crippen LogP contribution in [0.15, 0.2) is 48.5 Å². The SMILES string of the molecule is COc1ccccc1OCCN1CCCN(C(=O)c2cccc(F)c2)CC1. The summed E-state index contributed by atoms with van der Waals surface area (Å²) in [4.78, 5) is 16.7. The number of carbonyl (C=O) groups is 1. The van der Waals surface area contributed by atoms with Gasteiger partial charge in [-0.2, -0.15) is 0 Å². The highest BCUT2D eigenvalue weighted by Gasteiger charge is 2.20. The second-order valence-corrected chi connectivity index (χ2v) is 6.50. The molecule has 0 N–H and O–H groups in total. The van der Waals surface area contributed by atoms with Crippen molar-refractivity contribution >= 4 is 5.91 Å². The molecule has 1 saturated heterocycles. The lowest BCUT2D eigenvalue weighted by atomic mass is 10.2. The number of hydrogen-bond acceptors (Lipinski definition) is 4. The number of para-hydroxylation sites is 2. The number of hydrogen-bond donors (Lipinski definition) is 0. The fourth-order valence-corrected chi connectivity index (χ4v) is 3.22. The monoisotopic (exact) mass is 372 g/mol. The van der Waals surface area contributed by atoms with E-state index < -0.39 is 0 Å². The van der Waals surface area contributed by atoms with E-state index in [4.69, 9.17) is 9.47 Å². The van der Waals surface area contributed by atoms with Gasteiger partial charge in [0.1, 0.15) is 12.4 Å². The van der Waals surface area contributed by atoms with Crippen LogP contribution in [-0.2, 0) is 0 Å². The Balaban J connectivity index is 1.49. The molecule has 1 fully saturated rings. The third-order valence-electron chi connectivity index (χ3n) is 4.68. The first-order chi connectivity index (χ1) is 13.2. The van der Waals surface area contributed by atoms with E-state index in [2.05, 4.69) is 4.90 Å². The molecule has 6 heteroatoms. The standard InChI is InChI=1S/C21H25FN2O3/c1-26-19-8-2-3-9-20(19)27-15-14-23-10-5-11-24(13-12-23)21(25)17-6-4-7-18(22)16-17/h2-4,6-9,16H,5,10-15H2,1H3. The molecule has 0 atom stereocenters. The smallest absolute Gasteiger partial charge is 0.254 e. The van der Waals surface area contributed by atoms with Crippen LogP contribution < -0.4 is 9.47 Å². The number of benzene rings is 2. The van der Waals surface area contributed by atoms with Gasteiger partial charge >= 0.3 is 0 Å². The summed E-state index contributed by atoms with van der Waals surface area (Å²) < 4.78 is 24.5. The predicted octanol–water partition coefficient (Wildman–Crippen LogP) is 3.06. The summed E-state index contributed by atoms with van der Waals surface area (Å²) in [5.41, 5.74) is 0.406. The van der Waals surface area contributed by atoms with E-state index in [0.717, 1.165) is 37.6 Å². The third kappa shape index (κ3) is 5.20. The van der Waals surface area contributed by atoms with E-state index >= 15 is 0 Å². The number of rotatable bonds is 6. The molecule has 0 spiro atoms. The van der Waals surface area contributed by atoms with E-state index in [0.29, 0.717) is 25.3 Å². The molecule has 0 unspecified atom stereocenters. The highest BCUT2D eigenvalue weighted by Crippen LogP contribution is 2.25. The number of halogens is 1. The summed E-state index contributed by atoms with van der Waals surface area (Å²) in [6.45, 7) is 4.32. The maximum absolute atomic E-state index is 13.4. The van der Waals surface area contributed by atoms with Crippen LogP contribution in [0.5, 0.6) is 11.5 Å². The van der Waals surface area contributed by atoms with Gasteiger partial charge in [0.2, 0.25) is 0 Å². The normalized spacial score (nSPS) is 15.3. The summed E-state index contributed by atoms with van der Waals surface area (Å²) in [7, 11) is 1.63. The molecule has 1 aliphatic rings. The molecule has 1 aliphatic heterocycles. The maximum atomic E-state index is 13.4. The van der Waals surface area contributed by atoms with Crippen LogP contribution in [0.2, 0.25) is 0 Å². The molecule has 1 amide bonds. The Labute approximate surface area is 159 Å². The molecule has 0 aliphatic carbocycles. The van der Waals surface area contributed by atoms with E-state index in [1.807, 2.05) is 24.3 Å². The molecule has 3 rings (SSSR count). The minimum absolute atomic E-state index is 0.110. The fraction of sp³-hybridized carbons (Fsp3) is 0.381. The molecule has 1 heterocycles. The first-order valence-electron chi connectivity index (χ1n) is 9.20. The van der Waals surface area contributed by atoms with Crippen molar-refractivity contribution in [2.45, 2.75) is 6.42 Å². The van der Waals surface area contributed by atoms with Gasteiger partial charge in [-0.15, -0.1) is 0 Å². The molecule has 27 heavy (non-hydrogen) atoms. The average molecular weight is 372 g/mol. The van der Waals surface area contributed by atoms with Gasteiger partial charge in [0, 0.05) is 38.3 Å². The van der Waals surface area contributed by atoms with Crippen LogP contribution in [0.1, 0.15) is 16.8 Å². The van der Waals surface area contributed by atoms with Crippen molar-refractivity contribution in [1.82, 2.24) is 9.80 Å². The first kappa shape index (κ1) is 19.2. The number of amides is 1. The highest BCUT2D eigenvalue weighted by molar-refractivity contribution is 5.94. The van der Waals surface area contributed by atoms with Gasteiger partial charge in [-0.3, -0.25) is 9.69 Å². The molecule has 0 radical (unpaired) electrons. The van der Waals surface area contributed by atoms with Crippen LogP contribution in [0.4, 0.5) is 4.39 Å². The first-order valence-corrected chi connectivity index (χ1v) is 9.20. The topological polar surface area (TPSA) is 42.0 Å². The second-order valence-electron chi connectivity index (χ2n) is 6.50. The molecular weight excluding hydrogens is 347 g/mol. The van der Waals surface area contributed by atoms with Crippen LogP contribution in [-0.4, -0.2) is 62.1 Å². The van der Waals surface area contributed by atoms with Gasteiger partial charge < -0.3 is 14.4 Å². The fourth-order valence-electron chi connectivity index (χ4n) is 3.22. The largest absolute Gasteiger partial charge is 0.493 e. The Bertz CT molecular complexity index is 769. The second kappa shape index (κ2) is 9.37. The van der Waals surface area contributed by atoms with Crippen LogP contribution in [0.3, 0.4) is 0 Å². The van der Waals surface area contributed by atoms with Gasteiger partial charge in [-0.1, -0.05) is 18.2 Å². The van der Waals surface area contributed by atoms with Crippen molar-refractivity contribution in [2.75, 3.05) is 46.4 Å².